The van der Waals surface area contributed by atoms with E-state index < -0.39 is 11.9 Å². The number of aliphatic hydroxyl groups excluding tert-OH is 1. The van der Waals surface area contributed by atoms with Gasteiger partial charge < -0.3 is 10.2 Å². The van der Waals surface area contributed by atoms with Crippen molar-refractivity contribution < 1.29 is 15.0 Å². The molecule has 0 aromatic heterocycles. The Bertz CT molecular complexity index is 410. The Hall–Kier alpha value is -1.35. The molecule has 0 bridgehead atoms. The quantitative estimate of drug-likeness (QED) is 0.861. The number of benzene rings is 1. The predicted molar refractivity (Wildman–Crippen MR) is 69.5 cm³/mol. The van der Waals surface area contributed by atoms with E-state index in [9.17, 15) is 9.90 Å². The van der Waals surface area contributed by atoms with Gasteiger partial charge in [-0.1, -0.05) is 30.7 Å². The molecule has 3 atom stereocenters. The van der Waals surface area contributed by atoms with E-state index in [4.69, 9.17) is 5.11 Å². The van der Waals surface area contributed by atoms with Crippen molar-refractivity contribution in [3.05, 3.63) is 35.4 Å². The van der Waals surface area contributed by atoms with Crippen LogP contribution in [0.4, 0.5) is 0 Å². The number of carboxylic acids is 1. The van der Waals surface area contributed by atoms with Crippen LogP contribution in [-0.2, 0) is 11.2 Å². The van der Waals surface area contributed by atoms with Gasteiger partial charge in [0.05, 0.1) is 12.0 Å². The second kappa shape index (κ2) is 5.53. The van der Waals surface area contributed by atoms with Crippen molar-refractivity contribution in [2.24, 2.45) is 5.92 Å². The fourth-order valence-corrected chi connectivity index (χ4v) is 2.64. The number of aliphatic hydroxyl groups is 1. The monoisotopic (exact) mass is 248 g/mol. The first-order valence-corrected chi connectivity index (χ1v) is 6.57. The highest BCUT2D eigenvalue weighted by atomic mass is 16.4. The summed E-state index contributed by atoms with van der Waals surface area (Å²) in [6.45, 7) is 1.69. The lowest BCUT2D eigenvalue weighted by molar-refractivity contribution is -0.138. The van der Waals surface area contributed by atoms with Crippen molar-refractivity contribution in [3.8, 4) is 0 Å². The van der Waals surface area contributed by atoms with Crippen LogP contribution < -0.4 is 0 Å². The molecule has 0 amide bonds. The average molecular weight is 248 g/mol. The zero-order chi connectivity index (χ0) is 13.1. The third-order valence-electron chi connectivity index (χ3n) is 3.97. The highest BCUT2D eigenvalue weighted by Gasteiger charge is 2.25. The highest BCUT2D eigenvalue weighted by molar-refractivity contribution is 5.75. The predicted octanol–water partition coefficient (Wildman–Crippen LogP) is 2.58. The first kappa shape index (κ1) is 13.1. The molecule has 0 saturated heterocycles. The Morgan fingerprint density at radius 1 is 1.33 bits per heavy atom. The summed E-state index contributed by atoms with van der Waals surface area (Å²) in [4.78, 5) is 10.9. The summed E-state index contributed by atoms with van der Waals surface area (Å²) in [5.74, 6) is -0.891. The van der Waals surface area contributed by atoms with Gasteiger partial charge in [-0.2, -0.15) is 0 Å². The van der Waals surface area contributed by atoms with Gasteiger partial charge in [0.15, 0.2) is 0 Å². The first-order chi connectivity index (χ1) is 8.58. The van der Waals surface area contributed by atoms with Gasteiger partial charge in [-0.15, -0.1) is 0 Å². The van der Waals surface area contributed by atoms with Gasteiger partial charge >= 0.3 is 5.97 Å². The van der Waals surface area contributed by atoms with E-state index in [1.165, 1.54) is 5.56 Å². The third-order valence-corrected chi connectivity index (χ3v) is 3.97. The summed E-state index contributed by atoms with van der Waals surface area (Å²) in [5, 5.41) is 18.7. The summed E-state index contributed by atoms with van der Waals surface area (Å²) in [6, 6.07) is 7.74. The molecule has 18 heavy (non-hydrogen) atoms. The zero-order valence-corrected chi connectivity index (χ0v) is 10.7. The number of hydrogen-bond acceptors (Lipinski definition) is 2. The van der Waals surface area contributed by atoms with Crippen molar-refractivity contribution in [3.63, 3.8) is 0 Å². The Labute approximate surface area is 107 Å². The SMILES string of the molecule is C[C@@H](C(=O)O)c1ccc(CC2CCC[C@@H]2O)cc1. The Morgan fingerprint density at radius 2 is 2.00 bits per heavy atom. The number of aliphatic carboxylic acids is 1. The second-order valence-electron chi connectivity index (χ2n) is 5.26. The van der Waals surface area contributed by atoms with Crippen LogP contribution in [0.2, 0.25) is 0 Å². The Balaban J connectivity index is 2.01. The molecule has 98 valence electrons. The standard InChI is InChI=1S/C15H20O3/c1-10(15(17)18)12-7-5-11(6-8-12)9-13-3-2-4-14(13)16/h5-8,10,13-14,16H,2-4,9H2,1H3,(H,17,18)/t10-,13?,14+/m1/s1. The van der Waals surface area contributed by atoms with Crippen LogP contribution in [-0.4, -0.2) is 22.3 Å². The second-order valence-corrected chi connectivity index (χ2v) is 5.26. The van der Waals surface area contributed by atoms with Crippen LogP contribution in [0.1, 0.15) is 43.2 Å². The minimum atomic E-state index is -0.797. The molecule has 1 aromatic carbocycles. The summed E-state index contributed by atoms with van der Waals surface area (Å²) in [5.41, 5.74) is 2.01. The Kier molecular flexibility index (Phi) is 4.02. The fraction of sp³-hybridized carbons (Fsp3) is 0.533. The smallest absolute Gasteiger partial charge is 0.310 e. The van der Waals surface area contributed by atoms with E-state index in [1.54, 1.807) is 6.92 Å². The van der Waals surface area contributed by atoms with Crippen molar-refractivity contribution in [2.45, 2.75) is 44.6 Å². The number of rotatable bonds is 4. The number of carboxylic acid groups (broad SMARTS) is 1. The van der Waals surface area contributed by atoms with Crippen molar-refractivity contribution in [1.29, 1.82) is 0 Å². The van der Waals surface area contributed by atoms with E-state index in [1.807, 2.05) is 24.3 Å². The van der Waals surface area contributed by atoms with Gasteiger partial charge in [-0.05, 0) is 43.2 Å². The molecule has 0 heterocycles. The summed E-state index contributed by atoms with van der Waals surface area (Å²) >= 11 is 0. The van der Waals surface area contributed by atoms with Gasteiger partial charge in [0.25, 0.3) is 0 Å². The summed E-state index contributed by atoms with van der Waals surface area (Å²) in [7, 11) is 0. The molecule has 1 aliphatic carbocycles. The molecular formula is C15H20O3. The highest BCUT2D eigenvalue weighted by Crippen LogP contribution is 2.29. The van der Waals surface area contributed by atoms with Crippen LogP contribution in [0, 0.1) is 5.92 Å². The van der Waals surface area contributed by atoms with Crippen molar-refractivity contribution in [2.75, 3.05) is 0 Å². The molecule has 1 fully saturated rings. The van der Waals surface area contributed by atoms with Gasteiger partial charge in [0, 0.05) is 0 Å². The first-order valence-electron chi connectivity index (χ1n) is 6.57. The van der Waals surface area contributed by atoms with E-state index in [-0.39, 0.29) is 6.10 Å². The van der Waals surface area contributed by atoms with Crippen molar-refractivity contribution >= 4 is 5.97 Å². The number of hydrogen-bond donors (Lipinski definition) is 2. The molecule has 0 spiro atoms. The topological polar surface area (TPSA) is 57.5 Å². The van der Waals surface area contributed by atoms with Crippen molar-refractivity contribution in [1.82, 2.24) is 0 Å². The largest absolute Gasteiger partial charge is 0.481 e. The van der Waals surface area contributed by atoms with Gasteiger partial charge in [0.1, 0.15) is 0 Å². The molecule has 1 aliphatic rings. The maximum absolute atomic E-state index is 10.9. The van der Waals surface area contributed by atoms with Crippen LogP contribution >= 0.6 is 0 Å². The summed E-state index contributed by atoms with van der Waals surface area (Å²) in [6.07, 6.45) is 3.85. The number of carbonyl (C=O) groups is 1. The molecule has 2 N–H and O–H groups in total. The van der Waals surface area contributed by atoms with Gasteiger partial charge in [-0.25, -0.2) is 0 Å². The molecule has 1 saturated carbocycles. The molecule has 3 nitrogen and oxygen atoms in total. The van der Waals surface area contributed by atoms with Crippen LogP contribution in [0.5, 0.6) is 0 Å². The Morgan fingerprint density at radius 3 is 2.50 bits per heavy atom. The van der Waals surface area contributed by atoms with Crippen LogP contribution in [0.3, 0.4) is 0 Å². The molecule has 1 unspecified atom stereocenters. The molecule has 0 radical (unpaired) electrons. The van der Waals surface area contributed by atoms with E-state index in [0.29, 0.717) is 5.92 Å². The molecule has 2 rings (SSSR count). The average Bonchev–Trinajstić information content (AvgIpc) is 2.75. The maximum atomic E-state index is 10.9. The van der Waals surface area contributed by atoms with E-state index in [0.717, 1.165) is 31.2 Å². The fourth-order valence-electron chi connectivity index (χ4n) is 2.64. The van der Waals surface area contributed by atoms with Gasteiger partial charge in [-0.3, -0.25) is 4.79 Å². The lowest BCUT2D eigenvalue weighted by atomic mass is 9.94. The summed E-state index contributed by atoms with van der Waals surface area (Å²) < 4.78 is 0. The van der Waals surface area contributed by atoms with Crippen LogP contribution in [0.15, 0.2) is 24.3 Å². The molecular weight excluding hydrogens is 228 g/mol. The normalized spacial score (nSPS) is 25.0. The van der Waals surface area contributed by atoms with E-state index in [2.05, 4.69) is 0 Å². The van der Waals surface area contributed by atoms with Crippen LogP contribution in [0.25, 0.3) is 0 Å². The lowest BCUT2D eigenvalue weighted by Gasteiger charge is -2.15. The van der Waals surface area contributed by atoms with Gasteiger partial charge in [0.2, 0.25) is 0 Å². The molecule has 1 aromatic rings. The maximum Gasteiger partial charge on any atom is 0.310 e. The third kappa shape index (κ3) is 2.91. The lowest BCUT2D eigenvalue weighted by Crippen LogP contribution is -2.15. The minimum Gasteiger partial charge on any atom is -0.481 e. The molecule has 3 heteroatoms. The molecule has 0 aliphatic heterocycles. The minimum absolute atomic E-state index is 0.164. The van der Waals surface area contributed by atoms with E-state index >= 15 is 0 Å². The zero-order valence-electron chi connectivity index (χ0n) is 10.7.